The summed E-state index contributed by atoms with van der Waals surface area (Å²) in [6.07, 6.45) is 0.754. The van der Waals surface area contributed by atoms with Crippen molar-refractivity contribution in [3.8, 4) is 0 Å². The molecule has 0 radical (unpaired) electrons. The van der Waals surface area contributed by atoms with Crippen LogP contribution >= 0.6 is 0 Å². The van der Waals surface area contributed by atoms with E-state index in [-0.39, 0.29) is 17.4 Å². The van der Waals surface area contributed by atoms with Crippen LogP contribution in [0.5, 0.6) is 0 Å². The van der Waals surface area contributed by atoms with Crippen LogP contribution in [-0.4, -0.2) is 22.8 Å². The Labute approximate surface area is 104 Å². The SMILES string of the molecule is Cc1ccccc1CCNC(=O)c1nonc1N. The third kappa shape index (κ3) is 2.65. The second-order valence-corrected chi connectivity index (χ2v) is 3.93. The number of hydrogen-bond acceptors (Lipinski definition) is 5. The van der Waals surface area contributed by atoms with Gasteiger partial charge in [-0.2, -0.15) is 0 Å². The second-order valence-electron chi connectivity index (χ2n) is 3.93. The van der Waals surface area contributed by atoms with Gasteiger partial charge in [0.2, 0.25) is 11.5 Å². The van der Waals surface area contributed by atoms with Crippen LogP contribution in [0.4, 0.5) is 5.82 Å². The summed E-state index contributed by atoms with van der Waals surface area (Å²) in [6.45, 7) is 2.55. The lowest BCUT2D eigenvalue weighted by molar-refractivity contribution is 0.0945. The van der Waals surface area contributed by atoms with Crippen LogP contribution in [-0.2, 0) is 6.42 Å². The smallest absolute Gasteiger partial charge is 0.277 e. The Morgan fingerprint density at radius 2 is 2.17 bits per heavy atom. The number of carbonyl (C=O) groups is 1. The molecule has 6 nitrogen and oxygen atoms in total. The standard InChI is InChI=1S/C12H14N4O2/c1-8-4-2-3-5-9(8)6-7-14-12(17)10-11(13)16-18-15-10/h2-5H,6-7H2,1H3,(H2,13,16)(H,14,17). The van der Waals surface area contributed by atoms with Gasteiger partial charge in [0.1, 0.15) is 0 Å². The first kappa shape index (κ1) is 12.1. The summed E-state index contributed by atoms with van der Waals surface area (Å²) in [5.41, 5.74) is 7.85. The van der Waals surface area contributed by atoms with E-state index in [2.05, 4.69) is 20.3 Å². The lowest BCUT2D eigenvalue weighted by Crippen LogP contribution is -2.26. The van der Waals surface area contributed by atoms with Crippen molar-refractivity contribution in [3.05, 3.63) is 41.1 Å². The number of aromatic nitrogens is 2. The van der Waals surface area contributed by atoms with Gasteiger partial charge in [-0.25, -0.2) is 4.63 Å². The normalized spacial score (nSPS) is 10.3. The van der Waals surface area contributed by atoms with Crippen molar-refractivity contribution in [1.29, 1.82) is 0 Å². The van der Waals surface area contributed by atoms with Gasteiger partial charge >= 0.3 is 0 Å². The molecule has 0 bridgehead atoms. The lowest BCUT2D eigenvalue weighted by Gasteiger charge is -2.06. The molecule has 0 aliphatic carbocycles. The van der Waals surface area contributed by atoms with Crippen LogP contribution in [0.3, 0.4) is 0 Å². The first-order valence-corrected chi connectivity index (χ1v) is 5.59. The van der Waals surface area contributed by atoms with Gasteiger partial charge in [0.05, 0.1) is 0 Å². The fourth-order valence-corrected chi connectivity index (χ4v) is 1.64. The number of nitrogens with two attached hydrogens (primary N) is 1. The van der Waals surface area contributed by atoms with Crippen LogP contribution in [0.1, 0.15) is 21.6 Å². The maximum atomic E-state index is 11.6. The molecule has 3 N–H and O–H groups in total. The summed E-state index contributed by atoms with van der Waals surface area (Å²) in [7, 11) is 0. The van der Waals surface area contributed by atoms with Gasteiger partial charge in [-0.15, -0.1) is 0 Å². The molecule has 1 aromatic carbocycles. The van der Waals surface area contributed by atoms with E-state index in [1.54, 1.807) is 0 Å². The van der Waals surface area contributed by atoms with E-state index in [0.717, 1.165) is 6.42 Å². The molecule has 0 aliphatic heterocycles. The van der Waals surface area contributed by atoms with E-state index in [1.807, 2.05) is 31.2 Å². The molecule has 1 heterocycles. The third-order valence-electron chi connectivity index (χ3n) is 2.67. The van der Waals surface area contributed by atoms with Crippen molar-refractivity contribution >= 4 is 11.7 Å². The van der Waals surface area contributed by atoms with Gasteiger partial charge in [0.25, 0.3) is 5.91 Å². The molecule has 1 amide bonds. The van der Waals surface area contributed by atoms with Gasteiger partial charge in [-0.1, -0.05) is 24.3 Å². The predicted molar refractivity (Wildman–Crippen MR) is 65.9 cm³/mol. The van der Waals surface area contributed by atoms with Crippen molar-refractivity contribution in [2.45, 2.75) is 13.3 Å². The fraction of sp³-hybridized carbons (Fsp3) is 0.250. The number of nitrogens with zero attached hydrogens (tertiary/aromatic N) is 2. The number of anilines is 1. The maximum Gasteiger partial charge on any atom is 0.277 e. The van der Waals surface area contributed by atoms with Gasteiger partial charge in [0.15, 0.2) is 0 Å². The van der Waals surface area contributed by atoms with E-state index in [4.69, 9.17) is 5.73 Å². The largest absolute Gasteiger partial charge is 0.379 e. The lowest BCUT2D eigenvalue weighted by atomic mass is 10.1. The first-order chi connectivity index (χ1) is 8.68. The molecule has 6 heteroatoms. The highest BCUT2D eigenvalue weighted by Gasteiger charge is 2.14. The van der Waals surface area contributed by atoms with Crippen molar-refractivity contribution in [2.24, 2.45) is 0 Å². The van der Waals surface area contributed by atoms with E-state index in [9.17, 15) is 4.79 Å². The van der Waals surface area contributed by atoms with E-state index < -0.39 is 0 Å². The molecule has 0 spiro atoms. The molecule has 0 saturated heterocycles. The average Bonchev–Trinajstić information content (AvgIpc) is 2.78. The summed E-state index contributed by atoms with van der Waals surface area (Å²) in [6, 6.07) is 8.03. The number of amides is 1. The fourth-order valence-electron chi connectivity index (χ4n) is 1.64. The van der Waals surface area contributed by atoms with Crippen LogP contribution in [0.15, 0.2) is 28.9 Å². The molecule has 94 valence electrons. The quantitative estimate of drug-likeness (QED) is 0.837. The molecular formula is C12H14N4O2. The Kier molecular flexibility index (Phi) is 3.57. The molecule has 0 atom stereocenters. The van der Waals surface area contributed by atoms with Crippen LogP contribution in [0.2, 0.25) is 0 Å². The highest BCUT2D eigenvalue weighted by molar-refractivity contribution is 5.95. The van der Waals surface area contributed by atoms with Crippen molar-refractivity contribution in [3.63, 3.8) is 0 Å². The van der Waals surface area contributed by atoms with Crippen LogP contribution in [0.25, 0.3) is 0 Å². The van der Waals surface area contributed by atoms with E-state index in [1.165, 1.54) is 11.1 Å². The van der Waals surface area contributed by atoms with Crippen molar-refractivity contribution in [1.82, 2.24) is 15.6 Å². The number of hydrogen-bond donors (Lipinski definition) is 2. The third-order valence-corrected chi connectivity index (χ3v) is 2.67. The number of nitrogen functional groups attached to an aromatic ring is 1. The van der Waals surface area contributed by atoms with Crippen molar-refractivity contribution in [2.75, 3.05) is 12.3 Å². The summed E-state index contributed by atoms with van der Waals surface area (Å²) in [5, 5.41) is 9.50. The summed E-state index contributed by atoms with van der Waals surface area (Å²) >= 11 is 0. The Bertz CT molecular complexity index is 551. The number of carbonyl (C=O) groups excluding carboxylic acids is 1. The molecule has 0 aliphatic rings. The zero-order chi connectivity index (χ0) is 13.0. The summed E-state index contributed by atoms with van der Waals surface area (Å²) in [4.78, 5) is 11.6. The molecule has 1 aromatic heterocycles. The minimum atomic E-state index is -0.373. The van der Waals surface area contributed by atoms with E-state index in [0.29, 0.717) is 6.54 Å². The Morgan fingerprint density at radius 1 is 1.39 bits per heavy atom. The Hall–Kier alpha value is -2.37. The van der Waals surface area contributed by atoms with Gasteiger partial charge in [0, 0.05) is 6.54 Å². The number of nitrogens with one attached hydrogen (secondary N) is 1. The molecule has 18 heavy (non-hydrogen) atoms. The van der Waals surface area contributed by atoms with Crippen LogP contribution < -0.4 is 11.1 Å². The number of rotatable bonds is 4. The maximum absolute atomic E-state index is 11.6. The summed E-state index contributed by atoms with van der Waals surface area (Å²) in [5.74, 6) is -0.370. The molecule has 2 rings (SSSR count). The second kappa shape index (κ2) is 5.31. The predicted octanol–water partition coefficient (Wildman–Crippen LogP) is 0.933. The van der Waals surface area contributed by atoms with Crippen LogP contribution in [0, 0.1) is 6.92 Å². The van der Waals surface area contributed by atoms with Gasteiger partial charge in [-0.05, 0) is 34.8 Å². The zero-order valence-corrected chi connectivity index (χ0v) is 10.0. The molecular weight excluding hydrogens is 232 g/mol. The molecule has 0 fully saturated rings. The van der Waals surface area contributed by atoms with Gasteiger partial charge < -0.3 is 11.1 Å². The number of aryl methyl sites for hydroxylation is 1. The molecule has 0 unspecified atom stereocenters. The number of benzene rings is 1. The Morgan fingerprint density at radius 3 is 2.83 bits per heavy atom. The summed E-state index contributed by atoms with van der Waals surface area (Å²) < 4.78 is 4.36. The highest BCUT2D eigenvalue weighted by Crippen LogP contribution is 2.07. The van der Waals surface area contributed by atoms with Gasteiger partial charge in [-0.3, -0.25) is 4.79 Å². The minimum Gasteiger partial charge on any atom is -0.379 e. The molecule has 0 saturated carbocycles. The van der Waals surface area contributed by atoms with Crippen molar-refractivity contribution < 1.29 is 9.42 Å². The first-order valence-electron chi connectivity index (χ1n) is 5.59. The minimum absolute atomic E-state index is 0.00314. The van der Waals surface area contributed by atoms with E-state index >= 15 is 0 Å². The average molecular weight is 246 g/mol. The monoisotopic (exact) mass is 246 g/mol. The zero-order valence-electron chi connectivity index (χ0n) is 10.0. The highest BCUT2D eigenvalue weighted by atomic mass is 16.6. The topological polar surface area (TPSA) is 94.0 Å². The Balaban J connectivity index is 1.88. The molecule has 2 aromatic rings.